The van der Waals surface area contributed by atoms with Crippen molar-refractivity contribution in [2.24, 2.45) is 0 Å². The van der Waals surface area contributed by atoms with E-state index >= 15 is 0 Å². The van der Waals surface area contributed by atoms with E-state index in [9.17, 15) is 4.79 Å². The van der Waals surface area contributed by atoms with Crippen molar-refractivity contribution >= 4 is 18.3 Å². The molecule has 0 spiro atoms. The molecule has 1 N–H and O–H groups in total. The molecule has 2 fully saturated rings. The maximum Gasteiger partial charge on any atom is 0.224 e. The number of carbonyl (C=O) groups is 1. The summed E-state index contributed by atoms with van der Waals surface area (Å²) in [6.07, 6.45) is 5.52. The average molecular weight is 247 g/mol. The molecule has 94 valence electrons. The lowest BCUT2D eigenvalue weighted by molar-refractivity contribution is -0.134. The van der Waals surface area contributed by atoms with Crippen LogP contribution in [0.25, 0.3) is 0 Å². The predicted octanol–water partition coefficient (Wildman–Crippen LogP) is 1.95. The Kier molecular flexibility index (Phi) is 5.06. The molecule has 1 aliphatic heterocycles. The van der Waals surface area contributed by atoms with Gasteiger partial charge < -0.3 is 10.2 Å². The largest absolute Gasteiger partial charge is 0.337 e. The van der Waals surface area contributed by atoms with Crippen molar-refractivity contribution in [1.29, 1.82) is 0 Å². The van der Waals surface area contributed by atoms with E-state index in [0.717, 1.165) is 6.54 Å². The van der Waals surface area contributed by atoms with E-state index in [0.29, 0.717) is 30.5 Å². The summed E-state index contributed by atoms with van der Waals surface area (Å²) in [5.74, 6) is 0.354. The normalized spacial score (nSPS) is 24.3. The van der Waals surface area contributed by atoms with Crippen molar-refractivity contribution in [3.8, 4) is 0 Å². The third-order valence-electron chi connectivity index (χ3n) is 3.37. The van der Waals surface area contributed by atoms with Gasteiger partial charge in [-0.15, -0.1) is 12.4 Å². The zero-order valence-corrected chi connectivity index (χ0v) is 11.1. The summed E-state index contributed by atoms with van der Waals surface area (Å²) in [4.78, 5) is 14.2. The molecule has 0 aromatic rings. The van der Waals surface area contributed by atoms with E-state index in [4.69, 9.17) is 0 Å². The molecule has 0 aromatic carbocycles. The highest BCUT2D eigenvalue weighted by Gasteiger charge is 2.35. The lowest BCUT2D eigenvalue weighted by atomic mass is 10.1. The summed E-state index contributed by atoms with van der Waals surface area (Å²) in [5.41, 5.74) is 0. The molecule has 0 bridgehead atoms. The van der Waals surface area contributed by atoms with Gasteiger partial charge in [0.15, 0.2) is 0 Å². The average Bonchev–Trinajstić information content (AvgIpc) is 2.83. The van der Waals surface area contributed by atoms with Crippen LogP contribution in [-0.2, 0) is 4.79 Å². The monoisotopic (exact) mass is 246 g/mol. The van der Waals surface area contributed by atoms with Crippen LogP contribution < -0.4 is 5.32 Å². The molecule has 1 aliphatic carbocycles. The molecule has 0 aromatic heterocycles. The molecule has 4 heteroatoms. The highest BCUT2D eigenvalue weighted by Crippen LogP contribution is 2.29. The maximum atomic E-state index is 12.1. The van der Waals surface area contributed by atoms with Crippen LogP contribution in [0.4, 0.5) is 0 Å². The first-order chi connectivity index (χ1) is 7.18. The number of nitrogens with one attached hydrogen (secondary N) is 1. The van der Waals surface area contributed by atoms with Crippen LogP contribution in [0.3, 0.4) is 0 Å². The predicted molar refractivity (Wildman–Crippen MR) is 67.9 cm³/mol. The van der Waals surface area contributed by atoms with Gasteiger partial charge in [-0.05, 0) is 46.1 Å². The van der Waals surface area contributed by atoms with E-state index < -0.39 is 0 Å². The minimum atomic E-state index is 0. The topological polar surface area (TPSA) is 32.3 Å². The summed E-state index contributed by atoms with van der Waals surface area (Å²) in [5, 5.41) is 3.39. The number of rotatable bonds is 4. The molecule has 2 aliphatic rings. The van der Waals surface area contributed by atoms with Crippen molar-refractivity contribution in [2.45, 2.75) is 64.1 Å². The first kappa shape index (κ1) is 13.8. The molecule has 1 saturated carbocycles. The number of halogens is 1. The molecular formula is C12H23ClN2O. The van der Waals surface area contributed by atoms with Crippen molar-refractivity contribution in [2.75, 3.05) is 6.54 Å². The maximum absolute atomic E-state index is 12.1. The molecule has 16 heavy (non-hydrogen) atoms. The number of nitrogens with zero attached hydrogens (tertiary/aromatic N) is 1. The smallest absolute Gasteiger partial charge is 0.224 e. The van der Waals surface area contributed by atoms with Gasteiger partial charge in [0.2, 0.25) is 5.91 Å². The highest BCUT2D eigenvalue weighted by molar-refractivity contribution is 5.85. The van der Waals surface area contributed by atoms with Crippen molar-refractivity contribution < 1.29 is 4.79 Å². The Hall–Kier alpha value is -0.280. The van der Waals surface area contributed by atoms with Crippen molar-refractivity contribution in [3.05, 3.63) is 0 Å². The fourth-order valence-electron chi connectivity index (χ4n) is 2.51. The van der Waals surface area contributed by atoms with E-state index in [-0.39, 0.29) is 12.4 Å². The lowest BCUT2D eigenvalue weighted by Gasteiger charge is -2.28. The molecule has 0 radical (unpaired) electrons. The van der Waals surface area contributed by atoms with E-state index in [1.165, 1.54) is 25.7 Å². The molecule has 3 nitrogen and oxygen atoms in total. The summed E-state index contributed by atoms with van der Waals surface area (Å²) < 4.78 is 0. The SMILES string of the molecule is CC(C)N(C(=O)CC1CCCN1)C1CC1.Cl. The minimum Gasteiger partial charge on any atom is -0.337 e. The van der Waals surface area contributed by atoms with Gasteiger partial charge in [0.25, 0.3) is 0 Å². The lowest BCUT2D eigenvalue weighted by Crippen LogP contribution is -2.41. The van der Waals surface area contributed by atoms with E-state index in [2.05, 4.69) is 24.1 Å². The second kappa shape index (κ2) is 5.87. The van der Waals surface area contributed by atoms with E-state index in [1.807, 2.05) is 0 Å². The first-order valence-electron chi connectivity index (χ1n) is 6.23. The molecular weight excluding hydrogens is 224 g/mol. The minimum absolute atomic E-state index is 0. The molecule has 1 saturated heterocycles. The quantitative estimate of drug-likeness (QED) is 0.823. The number of carbonyl (C=O) groups excluding carboxylic acids is 1. The van der Waals surface area contributed by atoms with Crippen LogP contribution in [-0.4, -0.2) is 35.5 Å². The first-order valence-corrected chi connectivity index (χ1v) is 6.23. The van der Waals surface area contributed by atoms with Gasteiger partial charge in [-0.3, -0.25) is 4.79 Å². The second-order valence-corrected chi connectivity index (χ2v) is 5.12. The van der Waals surface area contributed by atoms with Gasteiger partial charge in [-0.2, -0.15) is 0 Å². The van der Waals surface area contributed by atoms with Gasteiger partial charge in [0.05, 0.1) is 0 Å². The van der Waals surface area contributed by atoms with Crippen LogP contribution in [0, 0.1) is 0 Å². The highest BCUT2D eigenvalue weighted by atomic mass is 35.5. The molecule has 2 rings (SSSR count). The fraction of sp³-hybridized carbons (Fsp3) is 0.917. The van der Waals surface area contributed by atoms with Crippen LogP contribution in [0.1, 0.15) is 46.0 Å². The molecule has 1 heterocycles. The van der Waals surface area contributed by atoms with Crippen LogP contribution >= 0.6 is 12.4 Å². The Morgan fingerprint density at radius 1 is 1.38 bits per heavy atom. The Morgan fingerprint density at radius 3 is 2.50 bits per heavy atom. The zero-order valence-electron chi connectivity index (χ0n) is 10.2. The summed E-state index contributed by atoms with van der Waals surface area (Å²) in [6, 6.07) is 1.36. The van der Waals surface area contributed by atoms with Crippen LogP contribution in [0.5, 0.6) is 0 Å². The third-order valence-corrected chi connectivity index (χ3v) is 3.37. The Balaban J connectivity index is 0.00000128. The second-order valence-electron chi connectivity index (χ2n) is 5.12. The Labute approximate surface area is 104 Å². The Morgan fingerprint density at radius 2 is 2.06 bits per heavy atom. The number of hydrogen-bond acceptors (Lipinski definition) is 2. The molecule has 1 atom stereocenters. The zero-order chi connectivity index (χ0) is 10.8. The van der Waals surface area contributed by atoms with Crippen LogP contribution in [0.15, 0.2) is 0 Å². The number of amides is 1. The summed E-state index contributed by atoms with van der Waals surface area (Å²) in [7, 11) is 0. The molecule has 1 unspecified atom stereocenters. The van der Waals surface area contributed by atoms with Gasteiger partial charge in [-0.25, -0.2) is 0 Å². The summed E-state index contributed by atoms with van der Waals surface area (Å²) >= 11 is 0. The van der Waals surface area contributed by atoms with E-state index in [1.54, 1.807) is 0 Å². The van der Waals surface area contributed by atoms with Gasteiger partial charge >= 0.3 is 0 Å². The van der Waals surface area contributed by atoms with Crippen molar-refractivity contribution in [1.82, 2.24) is 10.2 Å². The third kappa shape index (κ3) is 3.36. The molecule has 1 amide bonds. The Bertz CT molecular complexity index is 233. The van der Waals surface area contributed by atoms with Gasteiger partial charge in [0.1, 0.15) is 0 Å². The standard InChI is InChI=1S/C12H22N2O.ClH/c1-9(2)14(11-5-6-11)12(15)8-10-4-3-7-13-10;/h9-11,13H,3-8H2,1-2H3;1H. The summed E-state index contributed by atoms with van der Waals surface area (Å²) in [6.45, 7) is 5.33. The van der Waals surface area contributed by atoms with Crippen molar-refractivity contribution in [3.63, 3.8) is 0 Å². The fourth-order valence-corrected chi connectivity index (χ4v) is 2.51. The van der Waals surface area contributed by atoms with Gasteiger partial charge in [0, 0.05) is 24.5 Å². The van der Waals surface area contributed by atoms with Crippen LogP contribution in [0.2, 0.25) is 0 Å². The van der Waals surface area contributed by atoms with Gasteiger partial charge in [-0.1, -0.05) is 0 Å². The number of hydrogen-bond donors (Lipinski definition) is 1.